The van der Waals surface area contributed by atoms with E-state index < -0.39 is 0 Å². The van der Waals surface area contributed by atoms with E-state index >= 15 is 0 Å². The molecule has 1 aliphatic carbocycles. The molecular formula is C11H11FN2. The van der Waals surface area contributed by atoms with Gasteiger partial charge in [-0.3, -0.25) is 4.68 Å². The van der Waals surface area contributed by atoms with Crippen molar-refractivity contribution < 1.29 is 4.39 Å². The molecule has 1 aromatic carbocycles. The summed E-state index contributed by atoms with van der Waals surface area (Å²) in [6.45, 7) is 0. The molecule has 0 unspecified atom stereocenters. The van der Waals surface area contributed by atoms with Crippen molar-refractivity contribution in [2.24, 2.45) is 7.05 Å². The molecule has 0 atom stereocenters. The third-order valence-electron chi connectivity index (χ3n) is 2.79. The lowest BCUT2D eigenvalue weighted by Crippen LogP contribution is -1.86. The maximum atomic E-state index is 13.4. The summed E-state index contributed by atoms with van der Waals surface area (Å²) in [6.07, 6.45) is 4.37. The molecule has 14 heavy (non-hydrogen) atoms. The van der Waals surface area contributed by atoms with Crippen LogP contribution in [-0.4, -0.2) is 9.78 Å². The highest BCUT2D eigenvalue weighted by molar-refractivity contribution is 5.83. The number of hydrogen-bond donors (Lipinski definition) is 0. The SMILES string of the molecule is Cn1cc2c(C3CC3)ccc(F)c2n1. The van der Waals surface area contributed by atoms with Crippen LogP contribution in [0.4, 0.5) is 4.39 Å². The van der Waals surface area contributed by atoms with Gasteiger partial charge in [0.1, 0.15) is 5.52 Å². The molecule has 0 saturated heterocycles. The van der Waals surface area contributed by atoms with Gasteiger partial charge in [-0.2, -0.15) is 5.10 Å². The fourth-order valence-electron chi connectivity index (χ4n) is 1.96. The minimum Gasteiger partial charge on any atom is -0.274 e. The van der Waals surface area contributed by atoms with Crippen molar-refractivity contribution in [3.8, 4) is 0 Å². The molecule has 0 bridgehead atoms. The Hall–Kier alpha value is -1.38. The third-order valence-corrected chi connectivity index (χ3v) is 2.79. The predicted molar refractivity (Wildman–Crippen MR) is 52.6 cm³/mol. The Morgan fingerprint density at radius 1 is 1.43 bits per heavy atom. The highest BCUT2D eigenvalue weighted by atomic mass is 19.1. The maximum absolute atomic E-state index is 13.4. The molecular weight excluding hydrogens is 179 g/mol. The quantitative estimate of drug-likeness (QED) is 0.675. The first kappa shape index (κ1) is 7.97. The number of halogens is 1. The minimum absolute atomic E-state index is 0.218. The zero-order valence-electron chi connectivity index (χ0n) is 8.00. The van der Waals surface area contributed by atoms with Gasteiger partial charge in [0, 0.05) is 18.6 Å². The van der Waals surface area contributed by atoms with Gasteiger partial charge in [-0.1, -0.05) is 6.07 Å². The monoisotopic (exact) mass is 190 g/mol. The Morgan fingerprint density at radius 2 is 2.21 bits per heavy atom. The van der Waals surface area contributed by atoms with E-state index in [4.69, 9.17) is 0 Å². The topological polar surface area (TPSA) is 17.8 Å². The van der Waals surface area contributed by atoms with E-state index in [1.807, 2.05) is 19.3 Å². The van der Waals surface area contributed by atoms with Crippen LogP contribution in [0.15, 0.2) is 18.3 Å². The van der Waals surface area contributed by atoms with Crippen molar-refractivity contribution in [2.45, 2.75) is 18.8 Å². The first-order chi connectivity index (χ1) is 6.75. The highest BCUT2D eigenvalue weighted by Crippen LogP contribution is 2.43. The van der Waals surface area contributed by atoms with Gasteiger partial charge >= 0.3 is 0 Å². The lowest BCUT2D eigenvalue weighted by molar-refractivity contribution is 0.632. The molecule has 1 saturated carbocycles. The molecule has 3 rings (SSSR count). The van der Waals surface area contributed by atoms with Gasteiger partial charge < -0.3 is 0 Å². The van der Waals surface area contributed by atoms with Gasteiger partial charge in [-0.05, 0) is 30.4 Å². The summed E-state index contributed by atoms with van der Waals surface area (Å²) in [7, 11) is 1.83. The molecule has 0 amide bonds. The lowest BCUT2D eigenvalue weighted by atomic mass is 10.1. The van der Waals surface area contributed by atoms with Crippen LogP contribution in [0.5, 0.6) is 0 Å². The largest absolute Gasteiger partial charge is 0.274 e. The lowest BCUT2D eigenvalue weighted by Gasteiger charge is -1.99. The molecule has 3 heteroatoms. The minimum atomic E-state index is -0.218. The summed E-state index contributed by atoms with van der Waals surface area (Å²) in [5.41, 5.74) is 1.77. The molecule has 1 heterocycles. The second-order valence-corrected chi connectivity index (χ2v) is 3.98. The second kappa shape index (κ2) is 2.56. The Kier molecular flexibility index (Phi) is 1.46. The normalized spacial score (nSPS) is 16.4. The summed E-state index contributed by atoms with van der Waals surface area (Å²) >= 11 is 0. The summed E-state index contributed by atoms with van der Waals surface area (Å²) < 4.78 is 15.1. The summed E-state index contributed by atoms with van der Waals surface area (Å²) in [4.78, 5) is 0. The van der Waals surface area contributed by atoms with Crippen LogP contribution in [0.25, 0.3) is 10.9 Å². The van der Waals surface area contributed by atoms with E-state index in [0.29, 0.717) is 11.4 Å². The Morgan fingerprint density at radius 3 is 2.93 bits per heavy atom. The van der Waals surface area contributed by atoms with E-state index in [1.165, 1.54) is 24.5 Å². The van der Waals surface area contributed by atoms with Gasteiger partial charge in [0.05, 0.1) is 0 Å². The number of aromatic nitrogens is 2. The van der Waals surface area contributed by atoms with Crippen LogP contribution in [0.2, 0.25) is 0 Å². The number of hydrogen-bond acceptors (Lipinski definition) is 1. The molecule has 72 valence electrons. The van der Waals surface area contributed by atoms with Crippen LogP contribution in [-0.2, 0) is 7.05 Å². The zero-order chi connectivity index (χ0) is 9.71. The fraction of sp³-hybridized carbons (Fsp3) is 0.364. The fourth-order valence-corrected chi connectivity index (χ4v) is 1.96. The van der Waals surface area contributed by atoms with E-state index in [-0.39, 0.29) is 5.82 Å². The van der Waals surface area contributed by atoms with Crippen molar-refractivity contribution in [1.29, 1.82) is 0 Å². The van der Waals surface area contributed by atoms with Gasteiger partial charge in [0.25, 0.3) is 0 Å². The molecule has 1 aliphatic rings. The number of nitrogens with zero attached hydrogens (tertiary/aromatic N) is 2. The number of benzene rings is 1. The van der Waals surface area contributed by atoms with Gasteiger partial charge in [0.15, 0.2) is 5.82 Å². The molecule has 0 aliphatic heterocycles. The molecule has 1 aromatic heterocycles. The first-order valence-electron chi connectivity index (χ1n) is 4.87. The summed E-state index contributed by atoms with van der Waals surface area (Å²) in [6, 6.07) is 3.43. The van der Waals surface area contributed by atoms with Crippen LogP contribution < -0.4 is 0 Å². The summed E-state index contributed by atoms with van der Waals surface area (Å²) in [5, 5.41) is 5.11. The number of aryl methyl sites for hydroxylation is 1. The maximum Gasteiger partial charge on any atom is 0.151 e. The average molecular weight is 190 g/mol. The van der Waals surface area contributed by atoms with Crippen LogP contribution in [0.1, 0.15) is 24.3 Å². The van der Waals surface area contributed by atoms with Crippen LogP contribution in [0.3, 0.4) is 0 Å². The Bertz CT molecular complexity index is 497. The van der Waals surface area contributed by atoms with Crippen LogP contribution >= 0.6 is 0 Å². The van der Waals surface area contributed by atoms with E-state index in [0.717, 1.165) is 5.39 Å². The van der Waals surface area contributed by atoms with Crippen molar-refractivity contribution in [3.05, 3.63) is 29.7 Å². The molecule has 2 aromatic rings. The smallest absolute Gasteiger partial charge is 0.151 e. The zero-order valence-corrected chi connectivity index (χ0v) is 8.00. The number of rotatable bonds is 1. The summed E-state index contributed by atoms with van der Waals surface area (Å²) in [5.74, 6) is 0.423. The Labute approximate surface area is 81.3 Å². The predicted octanol–water partition coefficient (Wildman–Crippen LogP) is 2.59. The van der Waals surface area contributed by atoms with Crippen molar-refractivity contribution in [1.82, 2.24) is 9.78 Å². The second-order valence-electron chi connectivity index (χ2n) is 3.98. The standard InChI is InChI=1S/C11H11FN2/c1-14-6-9-8(7-2-3-7)4-5-10(12)11(9)13-14/h4-7H,2-3H2,1H3. The highest BCUT2D eigenvalue weighted by Gasteiger charge is 2.26. The van der Waals surface area contributed by atoms with Crippen LogP contribution in [0, 0.1) is 5.82 Å². The molecule has 1 fully saturated rings. The van der Waals surface area contributed by atoms with E-state index in [2.05, 4.69) is 5.10 Å². The van der Waals surface area contributed by atoms with Gasteiger partial charge in [0.2, 0.25) is 0 Å². The van der Waals surface area contributed by atoms with Crippen molar-refractivity contribution >= 4 is 10.9 Å². The molecule has 2 nitrogen and oxygen atoms in total. The van der Waals surface area contributed by atoms with Gasteiger partial charge in [-0.25, -0.2) is 4.39 Å². The Balaban J connectivity index is 2.34. The van der Waals surface area contributed by atoms with Gasteiger partial charge in [-0.15, -0.1) is 0 Å². The van der Waals surface area contributed by atoms with E-state index in [1.54, 1.807) is 4.68 Å². The molecule has 0 N–H and O–H groups in total. The first-order valence-corrected chi connectivity index (χ1v) is 4.87. The third kappa shape index (κ3) is 1.05. The molecule has 0 spiro atoms. The van der Waals surface area contributed by atoms with E-state index in [9.17, 15) is 4.39 Å². The molecule has 0 radical (unpaired) electrons. The van der Waals surface area contributed by atoms with Crippen molar-refractivity contribution in [2.75, 3.05) is 0 Å². The number of fused-ring (bicyclic) bond motifs is 1. The van der Waals surface area contributed by atoms with Crippen molar-refractivity contribution in [3.63, 3.8) is 0 Å². The average Bonchev–Trinajstić information content (AvgIpc) is 2.89.